The second kappa shape index (κ2) is 12.2. The van der Waals surface area contributed by atoms with Crippen molar-refractivity contribution in [3.05, 3.63) is 78.5 Å². The highest BCUT2D eigenvalue weighted by atomic mass is 31.2. The van der Waals surface area contributed by atoms with E-state index in [-0.39, 0.29) is 17.9 Å². The molecule has 0 spiro atoms. The molecule has 0 aliphatic rings. The second-order valence-corrected chi connectivity index (χ2v) is 9.00. The number of esters is 1. The van der Waals surface area contributed by atoms with Gasteiger partial charge >= 0.3 is 25.9 Å². The number of anilines is 1. The third-order valence-electron chi connectivity index (χ3n) is 4.19. The van der Waals surface area contributed by atoms with Crippen LogP contribution in [0, 0.1) is 0 Å². The molecule has 0 saturated carbocycles. The molecule has 0 aliphatic carbocycles. The van der Waals surface area contributed by atoms with E-state index in [0.717, 1.165) is 17.2 Å². The van der Waals surface area contributed by atoms with Gasteiger partial charge in [0, 0.05) is 18.0 Å². The number of ether oxygens (including phenoxy) is 1. The molecule has 13 heteroatoms. The van der Waals surface area contributed by atoms with Gasteiger partial charge in [0.1, 0.15) is 0 Å². The van der Waals surface area contributed by atoms with Gasteiger partial charge < -0.3 is 9.64 Å². The number of rotatable bonds is 11. The summed E-state index contributed by atoms with van der Waals surface area (Å²) in [5.41, 5.74) is 0.186. The van der Waals surface area contributed by atoms with Crippen molar-refractivity contribution in [1.29, 1.82) is 0 Å². The first-order chi connectivity index (χ1) is 16.3. The Kier molecular flexibility index (Phi) is 9.93. The zero-order valence-electron chi connectivity index (χ0n) is 18.3. The average molecular weight is 525 g/mol. The summed E-state index contributed by atoms with van der Waals surface area (Å²) in [6, 6.07) is 14.7. The van der Waals surface area contributed by atoms with Crippen LogP contribution in [0.4, 0.5) is 32.0 Å². The molecule has 0 saturated heterocycles. The Morgan fingerprint density at radius 3 is 1.86 bits per heavy atom. The van der Waals surface area contributed by atoms with Crippen LogP contribution in [-0.4, -0.2) is 38.1 Å². The molecular weight excluding hydrogens is 503 g/mol. The van der Waals surface area contributed by atoms with E-state index in [4.69, 9.17) is 4.74 Å². The van der Waals surface area contributed by atoms with Gasteiger partial charge in [0.05, 0.1) is 6.61 Å². The molecular formula is C22H22F6NO5P. The van der Waals surface area contributed by atoms with Gasteiger partial charge in [0.25, 0.3) is 0 Å². The van der Waals surface area contributed by atoms with Crippen molar-refractivity contribution in [2.45, 2.75) is 25.1 Å². The van der Waals surface area contributed by atoms with Gasteiger partial charge in [-0.15, -0.1) is 0 Å². The summed E-state index contributed by atoms with van der Waals surface area (Å²) in [6.45, 7) is -2.71. The molecule has 0 N–H and O–H groups in total. The summed E-state index contributed by atoms with van der Waals surface area (Å²) in [6.07, 6.45) is -8.11. The molecule has 35 heavy (non-hydrogen) atoms. The minimum Gasteiger partial charge on any atom is -0.463 e. The first-order valence-corrected chi connectivity index (χ1v) is 11.7. The number of halogens is 6. The molecule has 1 unspecified atom stereocenters. The lowest BCUT2D eigenvalue weighted by molar-refractivity contribution is -0.165. The van der Waals surface area contributed by atoms with Crippen molar-refractivity contribution in [1.82, 2.24) is 0 Å². The predicted octanol–water partition coefficient (Wildman–Crippen LogP) is 6.62. The lowest BCUT2D eigenvalue weighted by Gasteiger charge is -2.36. The highest BCUT2D eigenvalue weighted by Crippen LogP contribution is 2.64. The topological polar surface area (TPSA) is 65.1 Å². The minimum atomic E-state index is -5.26. The summed E-state index contributed by atoms with van der Waals surface area (Å²) in [4.78, 5) is 13.0. The van der Waals surface area contributed by atoms with Crippen LogP contribution >= 0.6 is 7.60 Å². The van der Waals surface area contributed by atoms with Gasteiger partial charge in [-0.2, -0.15) is 26.3 Å². The fraction of sp³-hybridized carbons (Fsp3) is 0.318. The zero-order valence-corrected chi connectivity index (χ0v) is 19.2. The molecule has 0 aliphatic heterocycles. The number of hydrogen-bond donors (Lipinski definition) is 0. The number of alkyl halides is 6. The maximum Gasteiger partial charge on any atom is 0.412 e. The summed E-state index contributed by atoms with van der Waals surface area (Å²) in [5, 5.41) is 0. The van der Waals surface area contributed by atoms with Crippen molar-refractivity contribution in [2.75, 3.05) is 24.7 Å². The molecule has 2 aromatic carbocycles. The number of para-hydroxylation sites is 1. The molecule has 0 aromatic heterocycles. The van der Waals surface area contributed by atoms with Gasteiger partial charge in [0.2, 0.25) is 0 Å². The van der Waals surface area contributed by atoms with Gasteiger partial charge in [-0.25, -0.2) is 4.79 Å². The van der Waals surface area contributed by atoms with Crippen LogP contribution in [0.1, 0.15) is 18.3 Å². The molecule has 6 nitrogen and oxygen atoms in total. The lowest BCUT2D eigenvalue weighted by atomic mass is 10.2. The number of hydrogen-bond acceptors (Lipinski definition) is 6. The Morgan fingerprint density at radius 1 is 0.914 bits per heavy atom. The highest BCUT2D eigenvalue weighted by Gasteiger charge is 2.46. The fourth-order valence-electron chi connectivity index (χ4n) is 2.87. The van der Waals surface area contributed by atoms with Crippen LogP contribution in [0.25, 0.3) is 0 Å². The molecule has 0 amide bonds. The molecule has 0 bridgehead atoms. The second-order valence-electron chi connectivity index (χ2n) is 6.91. The van der Waals surface area contributed by atoms with Crippen molar-refractivity contribution in [3.8, 4) is 0 Å². The number of nitrogens with zero attached hydrogens (tertiary/aromatic N) is 1. The van der Waals surface area contributed by atoms with Crippen molar-refractivity contribution >= 4 is 19.3 Å². The van der Waals surface area contributed by atoms with Crippen molar-refractivity contribution in [3.63, 3.8) is 0 Å². The lowest BCUT2D eigenvalue weighted by Crippen LogP contribution is -2.29. The van der Waals surface area contributed by atoms with Gasteiger partial charge in [-0.1, -0.05) is 48.5 Å². The maximum absolute atomic E-state index is 13.8. The van der Waals surface area contributed by atoms with E-state index in [9.17, 15) is 35.7 Å². The monoisotopic (exact) mass is 525 g/mol. The Hall–Kier alpha value is -2.82. The third kappa shape index (κ3) is 9.39. The van der Waals surface area contributed by atoms with E-state index in [1.807, 2.05) is 0 Å². The molecule has 2 aromatic rings. The smallest absolute Gasteiger partial charge is 0.412 e. The quantitative estimate of drug-likeness (QED) is 0.142. The van der Waals surface area contributed by atoms with Crippen LogP contribution in [-0.2, 0) is 23.1 Å². The standard InChI is InChI=1S/C22H22F6NO5P/c1-2-32-19(30)13-14-29(18-11-7-4-8-12-18)20(17-9-5-3-6-10-17)35(31,33-15-21(23,24)25)34-16-22(26,27)28/h3-14,20H,2,15-16H2,1H3/b14-13+. The van der Waals surface area contributed by atoms with E-state index >= 15 is 0 Å². The van der Waals surface area contributed by atoms with Gasteiger partial charge in [-0.05, 0) is 24.6 Å². The van der Waals surface area contributed by atoms with Crippen LogP contribution < -0.4 is 4.90 Å². The van der Waals surface area contributed by atoms with E-state index < -0.39 is 44.9 Å². The normalized spacial score (nSPS) is 13.6. The van der Waals surface area contributed by atoms with Crippen LogP contribution in [0.15, 0.2) is 72.9 Å². The molecule has 0 heterocycles. The highest BCUT2D eigenvalue weighted by molar-refractivity contribution is 7.54. The first kappa shape index (κ1) is 28.4. The summed E-state index contributed by atoms with van der Waals surface area (Å²) >= 11 is 0. The van der Waals surface area contributed by atoms with E-state index in [0.29, 0.717) is 0 Å². The number of carbonyl (C=O) groups excluding carboxylic acids is 1. The van der Waals surface area contributed by atoms with E-state index in [1.165, 1.54) is 55.5 Å². The largest absolute Gasteiger partial charge is 0.463 e. The first-order valence-electron chi connectivity index (χ1n) is 10.1. The number of benzene rings is 2. The van der Waals surface area contributed by atoms with Crippen molar-refractivity contribution in [2.24, 2.45) is 0 Å². The van der Waals surface area contributed by atoms with E-state index in [1.54, 1.807) is 12.1 Å². The molecule has 0 radical (unpaired) electrons. The SMILES string of the molecule is CCOC(=O)/C=C/N(c1ccccc1)C(c1ccccc1)P(=O)(OCC(F)(F)F)OCC(F)(F)F. The van der Waals surface area contributed by atoms with Crippen LogP contribution in [0.5, 0.6) is 0 Å². The molecule has 0 fully saturated rings. The Balaban J connectivity index is 2.69. The Labute approximate surface area is 197 Å². The predicted molar refractivity (Wildman–Crippen MR) is 115 cm³/mol. The molecule has 192 valence electrons. The Morgan fingerprint density at radius 2 is 1.40 bits per heavy atom. The molecule has 2 rings (SSSR count). The summed E-state index contributed by atoms with van der Waals surface area (Å²) in [5.74, 6) is -2.68. The minimum absolute atomic E-state index is 0.0116. The Bertz CT molecular complexity index is 992. The average Bonchev–Trinajstić information content (AvgIpc) is 2.79. The summed E-state index contributed by atoms with van der Waals surface area (Å²) < 4.78 is 106. The zero-order chi connectivity index (χ0) is 26.1. The van der Waals surface area contributed by atoms with Gasteiger partial charge in [0.15, 0.2) is 19.0 Å². The maximum atomic E-state index is 13.8. The number of carbonyl (C=O) groups is 1. The van der Waals surface area contributed by atoms with Crippen molar-refractivity contribution < 1.29 is 49.5 Å². The van der Waals surface area contributed by atoms with Crippen LogP contribution in [0.3, 0.4) is 0 Å². The third-order valence-corrected chi connectivity index (χ3v) is 6.31. The summed E-state index contributed by atoms with van der Waals surface area (Å²) in [7, 11) is -5.26. The van der Waals surface area contributed by atoms with Gasteiger partial charge in [-0.3, -0.25) is 13.6 Å². The fourth-order valence-corrected chi connectivity index (χ4v) is 4.93. The molecule has 1 atom stereocenters. The van der Waals surface area contributed by atoms with Crippen LogP contribution in [0.2, 0.25) is 0 Å². The van der Waals surface area contributed by atoms with E-state index in [2.05, 4.69) is 9.05 Å².